The number of nitrogens with one attached hydrogen (secondary N) is 2. The van der Waals surface area contributed by atoms with E-state index in [9.17, 15) is 4.79 Å². The van der Waals surface area contributed by atoms with Crippen molar-refractivity contribution in [1.29, 1.82) is 0 Å². The lowest BCUT2D eigenvalue weighted by Crippen LogP contribution is -2.39. The first-order chi connectivity index (χ1) is 7.29. The smallest absolute Gasteiger partial charge is 0.251 e. The summed E-state index contributed by atoms with van der Waals surface area (Å²) in [4.78, 5) is 11.8. The van der Waals surface area contributed by atoms with Gasteiger partial charge in [0.2, 0.25) is 0 Å². The van der Waals surface area contributed by atoms with Crippen LogP contribution in [0.4, 0.5) is 5.69 Å². The van der Waals surface area contributed by atoms with Gasteiger partial charge in [0.05, 0.1) is 22.9 Å². The quantitative estimate of drug-likeness (QED) is 0.665. The molecule has 0 heterocycles. The number of rotatable bonds is 3. The van der Waals surface area contributed by atoms with Gasteiger partial charge >= 0.3 is 0 Å². The third-order valence-corrected chi connectivity index (χ3v) is 3.30. The third-order valence-electron chi connectivity index (χ3n) is 2.67. The Bertz CT molecular complexity index is 363. The Morgan fingerprint density at radius 3 is 2.80 bits per heavy atom. The highest BCUT2D eigenvalue weighted by Gasteiger charge is 2.19. The summed E-state index contributed by atoms with van der Waals surface area (Å²) in [6.45, 7) is 0. The van der Waals surface area contributed by atoms with Crippen molar-refractivity contribution in [2.24, 2.45) is 0 Å². The SMILES string of the molecule is O=C(NC1CCC1)c1cccc(NI)c1. The summed E-state index contributed by atoms with van der Waals surface area (Å²) in [6.07, 6.45) is 3.48. The first-order valence-corrected chi connectivity index (χ1v) is 6.15. The van der Waals surface area contributed by atoms with Crippen molar-refractivity contribution in [2.75, 3.05) is 3.53 Å². The molecule has 1 aliphatic carbocycles. The van der Waals surface area contributed by atoms with Gasteiger partial charge in [-0.3, -0.25) is 4.79 Å². The van der Waals surface area contributed by atoms with Crippen LogP contribution in [-0.4, -0.2) is 11.9 Å². The molecule has 1 aliphatic rings. The molecule has 0 radical (unpaired) electrons. The monoisotopic (exact) mass is 316 g/mol. The van der Waals surface area contributed by atoms with Crippen molar-refractivity contribution in [2.45, 2.75) is 25.3 Å². The molecule has 3 nitrogen and oxygen atoms in total. The van der Waals surface area contributed by atoms with Gasteiger partial charge in [-0.25, -0.2) is 0 Å². The van der Waals surface area contributed by atoms with Gasteiger partial charge in [-0.15, -0.1) is 0 Å². The molecule has 0 aromatic heterocycles. The standard InChI is InChI=1S/C11H13IN2O/c12-14-10-6-1-3-8(7-10)11(15)13-9-4-2-5-9/h1,3,6-7,9,14H,2,4-5H2,(H,13,15). The summed E-state index contributed by atoms with van der Waals surface area (Å²) in [5.74, 6) is 0.0354. The minimum absolute atomic E-state index is 0.0354. The summed E-state index contributed by atoms with van der Waals surface area (Å²) in [6, 6.07) is 7.92. The topological polar surface area (TPSA) is 41.1 Å². The number of carbonyl (C=O) groups is 1. The van der Waals surface area contributed by atoms with E-state index in [0.717, 1.165) is 24.1 Å². The molecule has 4 heteroatoms. The summed E-state index contributed by atoms with van der Waals surface area (Å²) in [5, 5.41) is 3.01. The first-order valence-electron chi connectivity index (χ1n) is 5.07. The number of hydrogen-bond acceptors (Lipinski definition) is 2. The van der Waals surface area contributed by atoms with Crippen molar-refractivity contribution in [3.8, 4) is 0 Å². The average Bonchev–Trinajstić information content (AvgIpc) is 2.23. The van der Waals surface area contributed by atoms with Crippen LogP contribution in [0.1, 0.15) is 29.6 Å². The Labute approximate surface area is 103 Å². The van der Waals surface area contributed by atoms with E-state index in [1.807, 2.05) is 24.3 Å². The fraction of sp³-hybridized carbons (Fsp3) is 0.364. The highest BCUT2D eigenvalue weighted by molar-refractivity contribution is 14.1. The number of benzene rings is 1. The second-order valence-corrected chi connectivity index (χ2v) is 4.32. The molecule has 0 bridgehead atoms. The molecule has 0 aliphatic heterocycles. The predicted molar refractivity (Wildman–Crippen MR) is 69.2 cm³/mol. The van der Waals surface area contributed by atoms with Crippen molar-refractivity contribution in [1.82, 2.24) is 5.32 Å². The second-order valence-electron chi connectivity index (χ2n) is 3.78. The average molecular weight is 316 g/mol. The molecule has 15 heavy (non-hydrogen) atoms. The van der Waals surface area contributed by atoms with Crippen molar-refractivity contribution in [3.63, 3.8) is 0 Å². The molecule has 80 valence electrons. The zero-order valence-electron chi connectivity index (χ0n) is 8.29. The van der Waals surface area contributed by atoms with Crippen LogP contribution in [0.25, 0.3) is 0 Å². The maximum absolute atomic E-state index is 11.8. The number of hydrogen-bond donors (Lipinski definition) is 2. The van der Waals surface area contributed by atoms with E-state index in [1.54, 1.807) is 0 Å². The molecule has 1 aromatic carbocycles. The zero-order chi connectivity index (χ0) is 10.7. The Balaban J connectivity index is 2.03. The van der Waals surface area contributed by atoms with Crippen LogP contribution in [-0.2, 0) is 0 Å². The molecule has 1 aromatic rings. The number of amides is 1. The number of anilines is 1. The predicted octanol–water partition coefficient (Wildman–Crippen LogP) is 2.73. The van der Waals surface area contributed by atoms with E-state index in [2.05, 4.69) is 31.7 Å². The Kier molecular flexibility index (Phi) is 3.45. The molecule has 0 spiro atoms. The summed E-state index contributed by atoms with van der Waals surface area (Å²) >= 11 is 2.06. The molecule has 2 N–H and O–H groups in total. The van der Waals surface area contributed by atoms with E-state index < -0.39 is 0 Å². The lowest BCUT2D eigenvalue weighted by molar-refractivity contribution is 0.0917. The minimum atomic E-state index is 0.0354. The van der Waals surface area contributed by atoms with E-state index in [4.69, 9.17) is 0 Å². The Morgan fingerprint density at radius 2 is 2.20 bits per heavy atom. The fourth-order valence-corrected chi connectivity index (χ4v) is 1.88. The Hall–Kier alpha value is -0.780. The second kappa shape index (κ2) is 4.83. The van der Waals surface area contributed by atoms with Gasteiger partial charge in [0.1, 0.15) is 0 Å². The molecule has 2 rings (SSSR count). The van der Waals surface area contributed by atoms with Gasteiger partial charge in [-0.05, 0) is 37.5 Å². The molecule has 0 atom stereocenters. The molecule has 1 amide bonds. The summed E-state index contributed by atoms with van der Waals surface area (Å²) in [7, 11) is 0. The van der Waals surface area contributed by atoms with E-state index in [-0.39, 0.29) is 5.91 Å². The fourth-order valence-electron chi connectivity index (χ4n) is 1.54. The van der Waals surface area contributed by atoms with Crippen LogP contribution in [0.3, 0.4) is 0 Å². The van der Waals surface area contributed by atoms with Crippen LogP contribution < -0.4 is 8.85 Å². The van der Waals surface area contributed by atoms with Gasteiger partial charge in [-0.1, -0.05) is 6.07 Å². The van der Waals surface area contributed by atoms with E-state index in [0.29, 0.717) is 6.04 Å². The largest absolute Gasteiger partial charge is 0.349 e. The maximum atomic E-state index is 11.8. The molecule has 0 unspecified atom stereocenters. The summed E-state index contributed by atoms with van der Waals surface area (Å²) in [5.41, 5.74) is 1.68. The van der Waals surface area contributed by atoms with Crippen LogP contribution in [0, 0.1) is 0 Å². The van der Waals surface area contributed by atoms with Crippen molar-refractivity contribution >= 4 is 34.5 Å². The normalized spacial score (nSPS) is 15.5. The molecular formula is C11H13IN2O. The third kappa shape index (κ3) is 2.62. The van der Waals surface area contributed by atoms with Crippen LogP contribution in [0.5, 0.6) is 0 Å². The van der Waals surface area contributed by atoms with Crippen LogP contribution >= 0.6 is 22.9 Å². The Morgan fingerprint density at radius 1 is 1.40 bits per heavy atom. The summed E-state index contributed by atoms with van der Waals surface area (Å²) < 4.78 is 2.99. The first kappa shape index (κ1) is 10.7. The molecule has 1 saturated carbocycles. The molecule has 1 fully saturated rings. The van der Waals surface area contributed by atoms with Crippen LogP contribution in [0.15, 0.2) is 24.3 Å². The van der Waals surface area contributed by atoms with Crippen molar-refractivity contribution in [3.05, 3.63) is 29.8 Å². The molecule has 0 saturated heterocycles. The zero-order valence-corrected chi connectivity index (χ0v) is 10.5. The van der Waals surface area contributed by atoms with Gasteiger partial charge in [0, 0.05) is 17.3 Å². The number of carbonyl (C=O) groups excluding carboxylic acids is 1. The van der Waals surface area contributed by atoms with Crippen LogP contribution in [0.2, 0.25) is 0 Å². The van der Waals surface area contributed by atoms with Crippen molar-refractivity contribution < 1.29 is 4.79 Å². The minimum Gasteiger partial charge on any atom is -0.349 e. The molecular weight excluding hydrogens is 303 g/mol. The number of halogens is 1. The van der Waals surface area contributed by atoms with E-state index in [1.165, 1.54) is 6.42 Å². The lowest BCUT2D eigenvalue weighted by Gasteiger charge is -2.26. The highest BCUT2D eigenvalue weighted by Crippen LogP contribution is 2.19. The maximum Gasteiger partial charge on any atom is 0.251 e. The van der Waals surface area contributed by atoms with Gasteiger partial charge in [0.15, 0.2) is 0 Å². The van der Waals surface area contributed by atoms with Gasteiger partial charge in [-0.2, -0.15) is 0 Å². The van der Waals surface area contributed by atoms with Gasteiger partial charge in [0.25, 0.3) is 5.91 Å². The van der Waals surface area contributed by atoms with E-state index >= 15 is 0 Å². The highest BCUT2D eigenvalue weighted by atomic mass is 127. The lowest BCUT2D eigenvalue weighted by atomic mass is 9.93. The van der Waals surface area contributed by atoms with Gasteiger partial charge < -0.3 is 8.85 Å².